The van der Waals surface area contributed by atoms with E-state index in [0.717, 1.165) is 17.3 Å². The molecule has 2 aliphatic carbocycles. The molecule has 1 heterocycles. The van der Waals surface area contributed by atoms with Crippen LogP contribution in [0.15, 0.2) is 182 Å². The minimum Gasteiger partial charge on any atom is -0.334 e. The first kappa shape index (κ1) is 31.2. The SMILES string of the molecule is CC1(C)C2=C(C=CC(N(c3ccc(-c4ccccc4)cc3)c3ccccc3-c3ccccc3)C2)c2c(-n3c4ccc#cc4c4ccccc43)cccc21. The highest BCUT2D eigenvalue weighted by molar-refractivity contribution is 6.09. The van der Waals surface area contributed by atoms with Gasteiger partial charge in [-0.2, -0.15) is 0 Å². The Morgan fingerprint density at radius 3 is 2.15 bits per heavy atom. The summed E-state index contributed by atoms with van der Waals surface area (Å²) >= 11 is 0. The highest BCUT2D eigenvalue weighted by Gasteiger charge is 2.42. The average molecular weight is 679 g/mol. The number of rotatable bonds is 6. The summed E-state index contributed by atoms with van der Waals surface area (Å²) in [7, 11) is 0. The third-order valence-corrected chi connectivity index (χ3v) is 11.5. The van der Waals surface area contributed by atoms with E-state index >= 15 is 0 Å². The number of fused-ring (bicyclic) bond motifs is 5. The molecule has 0 spiro atoms. The first-order valence-corrected chi connectivity index (χ1v) is 18.5. The van der Waals surface area contributed by atoms with Crippen LogP contribution in [-0.4, -0.2) is 10.6 Å². The van der Waals surface area contributed by atoms with E-state index in [4.69, 9.17) is 0 Å². The predicted molar refractivity (Wildman–Crippen MR) is 222 cm³/mol. The van der Waals surface area contributed by atoms with Gasteiger partial charge in [0.15, 0.2) is 0 Å². The van der Waals surface area contributed by atoms with E-state index in [1.54, 1.807) is 0 Å². The molecule has 53 heavy (non-hydrogen) atoms. The Balaban J connectivity index is 1.12. The minimum atomic E-state index is -0.149. The molecule has 1 unspecified atom stereocenters. The minimum absolute atomic E-state index is 0.108. The lowest BCUT2D eigenvalue weighted by molar-refractivity contribution is 0.585. The number of nitrogens with zero attached hydrogens (tertiary/aromatic N) is 2. The second-order valence-electron chi connectivity index (χ2n) is 14.7. The lowest BCUT2D eigenvalue weighted by atomic mass is 9.77. The zero-order chi connectivity index (χ0) is 35.5. The number of hydrogen-bond acceptors (Lipinski definition) is 1. The van der Waals surface area contributed by atoms with E-state index in [1.807, 2.05) is 6.07 Å². The molecule has 2 aliphatic rings. The summed E-state index contributed by atoms with van der Waals surface area (Å²) in [5.74, 6) is 0. The van der Waals surface area contributed by atoms with Gasteiger partial charge in [0, 0.05) is 33.3 Å². The highest BCUT2D eigenvalue weighted by Crippen LogP contribution is 2.54. The van der Waals surface area contributed by atoms with Gasteiger partial charge in [0.1, 0.15) is 0 Å². The normalized spacial score (nSPS) is 15.7. The Morgan fingerprint density at radius 2 is 1.34 bits per heavy atom. The highest BCUT2D eigenvalue weighted by atomic mass is 15.2. The quantitative estimate of drug-likeness (QED) is 0.170. The largest absolute Gasteiger partial charge is 0.334 e. The molecule has 8 aromatic rings. The molecule has 2 nitrogen and oxygen atoms in total. The molecular weight excluding hydrogens is 641 g/mol. The topological polar surface area (TPSA) is 8.17 Å². The second-order valence-corrected chi connectivity index (χ2v) is 14.7. The average Bonchev–Trinajstić information content (AvgIpc) is 3.67. The molecule has 252 valence electrons. The van der Waals surface area contributed by atoms with Crippen molar-refractivity contribution in [3.05, 3.63) is 205 Å². The summed E-state index contributed by atoms with van der Waals surface area (Å²) in [6.45, 7) is 4.83. The third kappa shape index (κ3) is 4.96. The van der Waals surface area contributed by atoms with E-state index in [0.29, 0.717) is 0 Å². The van der Waals surface area contributed by atoms with Crippen molar-refractivity contribution in [1.29, 1.82) is 0 Å². The fraction of sp³-hybridized carbons (Fsp3) is 0.0980. The van der Waals surface area contributed by atoms with Crippen LogP contribution in [0.3, 0.4) is 0 Å². The molecule has 0 saturated carbocycles. The fourth-order valence-electron chi connectivity index (χ4n) is 8.93. The van der Waals surface area contributed by atoms with Gasteiger partial charge < -0.3 is 9.47 Å². The van der Waals surface area contributed by atoms with Crippen molar-refractivity contribution >= 4 is 38.8 Å². The summed E-state index contributed by atoms with van der Waals surface area (Å²) in [6.07, 6.45) is 5.78. The van der Waals surface area contributed by atoms with Crippen molar-refractivity contribution in [1.82, 2.24) is 4.57 Å². The van der Waals surface area contributed by atoms with E-state index < -0.39 is 0 Å². The van der Waals surface area contributed by atoms with Crippen molar-refractivity contribution in [2.45, 2.75) is 31.7 Å². The van der Waals surface area contributed by atoms with Crippen molar-refractivity contribution in [3.8, 4) is 27.9 Å². The van der Waals surface area contributed by atoms with Crippen LogP contribution < -0.4 is 4.90 Å². The van der Waals surface area contributed by atoms with Crippen molar-refractivity contribution < 1.29 is 0 Å². The predicted octanol–water partition coefficient (Wildman–Crippen LogP) is 12.9. The molecule has 0 radical (unpaired) electrons. The maximum absolute atomic E-state index is 3.43. The maximum atomic E-state index is 3.43. The van der Waals surface area contributed by atoms with Crippen LogP contribution in [0.25, 0.3) is 55.3 Å². The molecule has 0 aliphatic heterocycles. The Labute approximate surface area is 311 Å². The summed E-state index contributed by atoms with van der Waals surface area (Å²) in [5.41, 5.74) is 16.2. The van der Waals surface area contributed by atoms with Crippen molar-refractivity contribution in [3.63, 3.8) is 0 Å². The molecule has 1 atom stereocenters. The van der Waals surface area contributed by atoms with Crippen molar-refractivity contribution in [2.75, 3.05) is 4.90 Å². The molecule has 7 aromatic carbocycles. The number of allylic oxidation sites excluding steroid dienone is 2. The van der Waals surface area contributed by atoms with Gasteiger partial charge >= 0.3 is 0 Å². The van der Waals surface area contributed by atoms with Gasteiger partial charge in [-0.1, -0.05) is 159 Å². The van der Waals surface area contributed by atoms with Gasteiger partial charge in [-0.25, -0.2) is 0 Å². The van der Waals surface area contributed by atoms with Crippen LogP contribution in [0, 0.1) is 12.1 Å². The maximum Gasteiger partial charge on any atom is 0.0632 e. The molecule has 0 bridgehead atoms. The van der Waals surface area contributed by atoms with Gasteiger partial charge in [-0.3, -0.25) is 0 Å². The fourth-order valence-corrected chi connectivity index (χ4v) is 8.93. The summed E-state index contributed by atoms with van der Waals surface area (Å²) < 4.78 is 2.44. The van der Waals surface area contributed by atoms with Crippen LogP contribution in [0.4, 0.5) is 11.4 Å². The molecule has 10 rings (SSSR count). The van der Waals surface area contributed by atoms with E-state index in [9.17, 15) is 0 Å². The Bertz CT molecular complexity index is 2660. The molecule has 1 aromatic heterocycles. The smallest absolute Gasteiger partial charge is 0.0632 e. The second kappa shape index (κ2) is 12.3. The molecular formula is C51H38N2. The Kier molecular flexibility index (Phi) is 7.24. The van der Waals surface area contributed by atoms with Crippen LogP contribution in [0.2, 0.25) is 0 Å². The van der Waals surface area contributed by atoms with Crippen LogP contribution >= 0.6 is 0 Å². The number of hydrogen-bond donors (Lipinski definition) is 0. The third-order valence-electron chi connectivity index (χ3n) is 11.5. The van der Waals surface area contributed by atoms with Gasteiger partial charge in [-0.05, 0) is 82.3 Å². The van der Waals surface area contributed by atoms with Gasteiger partial charge in [0.05, 0.1) is 28.1 Å². The van der Waals surface area contributed by atoms with Crippen LogP contribution in [0.5, 0.6) is 0 Å². The van der Waals surface area contributed by atoms with E-state index in [2.05, 4.69) is 205 Å². The van der Waals surface area contributed by atoms with Crippen LogP contribution in [-0.2, 0) is 5.41 Å². The van der Waals surface area contributed by atoms with Gasteiger partial charge in [-0.15, -0.1) is 0 Å². The standard InChI is InChI=1S/C51H38N2/c1-51(2)44-23-15-27-49(53-47-25-13-10-21-41(47)42-22-11-14-26-48(42)53)50(44)43-33-32-39(34-45(43)51)52(38-30-28-36(29-31-38)35-16-5-3-6-17-35)46-24-12-9-20-40(46)37-18-7-4-8-19-37/h3-10,12-21,23-33,39H,34H2,1-2H3. The number of para-hydroxylation sites is 2. The summed E-state index contributed by atoms with van der Waals surface area (Å²) in [4.78, 5) is 2.57. The molecule has 0 saturated heterocycles. The Morgan fingerprint density at radius 1 is 0.642 bits per heavy atom. The van der Waals surface area contributed by atoms with E-state index in [-0.39, 0.29) is 11.5 Å². The molecule has 2 heteroatoms. The zero-order valence-electron chi connectivity index (χ0n) is 29.9. The Hall–Kier alpha value is -6.56. The number of aromatic nitrogens is 1. The van der Waals surface area contributed by atoms with Crippen LogP contribution in [0.1, 0.15) is 31.4 Å². The van der Waals surface area contributed by atoms with Gasteiger partial charge in [0.25, 0.3) is 0 Å². The monoisotopic (exact) mass is 678 g/mol. The lowest BCUT2D eigenvalue weighted by Gasteiger charge is -2.38. The first-order chi connectivity index (χ1) is 26.1. The number of anilines is 2. The molecule has 0 N–H and O–H groups in total. The summed E-state index contributed by atoms with van der Waals surface area (Å²) in [6, 6.07) is 65.9. The lowest BCUT2D eigenvalue weighted by Crippen LogP contribution is -2.33. The zero-order valence-corrected chi connectivity index (χ0v) is 29.9. The van der Waals surface area contributed by atoms with E-state index in [1.165, 1.54) is 72.5 Å². The molecule has 0 fully saturated rings. The number of benzene rings is 6. The molecule has 0 amide bonds. The van der Waals surface area contributed by atoms with Gasteiger partial charge in [0.2, 0.25) is 0 Å². The summed E-state index contributed by atoms with van der Waals surface area (Å²) in [5, 5.41) is 2.31. The first-order valence-electron chi connectivity index (χ1n) is 18.5. The van der Waals surface area contributed by atoms with Crippen molar-refractivity contribution in [2.24, 2.45) is 0 Å².